The van der Waals surface area contributed by atoms with E-state index in [1.165, 1.54) is 20.8 Å². The topological polar surface area (TPSA) is 88.1 Å². The van der Waals surface area contributed by atoms with Gasteiger partial charge in [0.1, 0.15) is 18.8 Å². The Bertz CT molecular complexity index is 338. The van der Waals surface area contributed by atoms with Gasteiger partial charge in [0.05, 0.1) is 6.42 Å². The maximum Gasteiger partial charge on any atom is 0.304 e. The number of carbonyl (C=O) groups excluding carboxylic acids is 3. The van der Waals surface area contributed by atoms with Gasteiger partial charge in [0.25, 0.3) is 0 Å². The zero-order chi connectivity index (χ0) is 13.7. The second-order valence-corrected chi connectivity index (χ2v) is 3.90. The Hall–Kier alpha value is -1.63. The fraction of sp³-hybridized carbons (Fsp3) is 0.727. The summed E-state index contributed by atoms with van der Waals surface area (Å²) in [6, 6.07) is 0. The maximum atomic E-state index is 10.9. The van der Waals surface area contributed by atoms with Crippen molar-refractivity contribution in [2.75, 3.05) is 6.61 Å². The van der Waals surface area contributed by atoms with E-state index in [0.717, 1.165) is 0 Å². The van der Waals surface area contributed by atoms with E-state index < -0.39 is 36.4 Å². The first kappa shape index (κ1) is 14.4. The summed E-state index contributed by atoms with van der Waals surface area (Å²) in [6.45, 7) is 3.73. The third-order valence-corrected chi connectivity index (χ3v) is 2.23. The molecule has 1 fully saturated rings. The molecule has 7 heteroatoms. The lowest BCUT2D eigenvalue weighted by molar-refractivity contribution is -0.179. The van der Waals surface area contributed by atoms with E-state index in [1.807, 2.05) is 0 Å². The molecule has 0 bridgehead atoms. The Balaban J connectivity index is 2.56. The molecule has 0 aliphatic carbocycles. The monoisotopic (exact) mass is 260 g/mol. The van der Waals surface area contributed by atoms with E-state index in [9.17, 15) is 14.4 Å². The molecule has 0 aromatic heterocycles. The molecule has 1 rings (SSSR count). The summed E-state index contributed by atoms with van der Waals surface area (Å²) in [6.07, 6.45) is -1.77. The first-order valence-electron chi connectivity index (χ1n) is 5.51. The molecule has 0 aromatic rings. The van der Waals surface area contributed by atoms with Crippen molar-refractivity contribution in [3.05, 3.63) is 0 Å². The first-order chi connectivity index (χ1) is 8.38. The minimum Gasteiger partial charge on any atom is -0.463 e. The predicted molar refractivity (Wildman–Crippen MR) is 57.2 cm³/mol. The van der Waals surface area contributed by atoms with Crippen LogP contribution in [-0.4, -0.2) is 43.0 Å². The molecule has 102 valence electrons. The molecule has 3 atom stereocenters. The van der Waals surface area contributed by atoms with Crippen molar-refractivity contribution in [2.45, 2.75) is 45.7 Å². The second kappa shape index (κ2) is 6.34. The molecule has 1 unspecified atom stereocenters. The van der Waals surface area contributed by atoms with Gasteiger partial charge in [-0.15, -0.1) is 0 Å². The lowest BCUT2D eigenvalue weighted by atomic mass is 10.2. The van der Waals surface area contributed by atoms with Gasteiger partial charge in [-0.25, -0.2) is 0 Å². The van der Waals surface area contributed by atoms with Gasteiger partial charge in [0.15, 0.2) is 0 Å². The molecule has 0 spiro atoms. The van der Waals surface area contributed by atoms with Crippen LogP contribution < -0.4 is 0 Å². The number of carbonyl (C=O) groups is 3. The van der Waals surface area contributed by atoms with Crippen molar-refractivity contribution >= 4 is 17.9 Å². The molecular formula is C11H16O7. The van der Waals surface area contributed by atoms with Crippen LogP contribution in [0.1, 0.15) is 27.2 Å². The lowest BCUT2D eigenvalue weighted by Crippen LogP contribution is -2.31. The van der Waals surface area contributed by atoms with Crippen molar-refractivity contribution in [1.82, 2.24) is 0 Å². The standard InChI is InChI=1S/C11H16O7/c1-6(12)15-5-10-9(16-7(2)13)4-11(18-10)17-8(3)14/h9-11H,4-5H2,1-3H3/t9?,10-,11-/m1/s1. The molecule has 1 aliphatic heterocycles. The Kier molecular flexibility index (Phi) is 5.08. The minimum atomic E-state index is -0.785. The summed E-state index contributed by atoms with van der Waals surface area (Å²) in [7, 11) is 0. The van der Waals surface area contributed by atoms with Gasteiger partial charge in [0, 0.05) is 20.8 Å². The van der Waals surface area contributed by atoms with Crippen LogP contribution in [0.3, 0.4) is 0 Å². The van der Waals surface area contributed by atoms with Gasteiger partial charge >= 0.3 is 17.9 Å². The van der Waals surface area contributed by atoms with Crippen LogP contribution in [0.5, 0.6) is 0 Å². The van der Waals surface area contributed by atoms with Crippen molar-refractivity contribution in [2.24, 2.45) is 0 Å². The Labute approximate surface area is 104 Å². The Morgan fingerprint density at radius 2 is 1.67 bits per heavy atom. The second-order valence-electron chi connectivity index (χ2n) is 3.90. The molecule has 0 amide bonds. The number of ether oxygens (including phenoxy) is 4. The number of hydrogen-bond acceptors (Lipinski definition) is 7. The average Bonchev–Trinajstić information content (AvgIpc) is 2.55. The van der Waals surface area contributed by atoms with E-state index in [2.05, 4.69) is 0 Å². The van der Waals surface area contributed by atoms with Crippen molar-refractivity contribution in [3.8, 4) is 0 Å². The van der Waals surface area contributed by atoms with Crippen molar-refractivity contribution in [1.29, 1.82) is 0 Å². The third kappa shape index (κ3) is 4.70. The highest BCUT2D eigenvalue weighted by Crippen LogP contribution is 2.24. The van der Waals surface area contributed by atoms with Crippen LogP contribution in [-0.2, 0) is 33.3 Å². The highest BCUT2D eigenvalue weighted by Gasteiger charge is 2.39. The molecule has 0 N–H and O–H groups in total. The summed E-state index contributed by atoms with van der Waals surface area (Å²) >= 11 is 0. The smallest absolute Gasteiger partial charge is 0.304 e. The minimum absolute atomic E-state index is 0.0506. The molecule has 1 aliphatic rings. The van der Waals surface area contributed by atoms with Crippen molar-refractivity contribution in [3.63, 3.8) is 0 Å². The normalized spacial score (nSPS) is 26.5. The van der Waals surface area contributed by atoms with E-state index in [0.29, 0.717) is 0 Å². The highest BCUT2D eigenvalue weighted by molar-refractivity contribution is 5.67. The van der Waals surface area contributed by atoms with Crippen LogP contribution in [0.25, 0.3) is 0 Å². The quantitative estimate of drug-likeness (QED) is 0.525. The first-order valence-corrected chi connectivity index (χ1v) is 5.51. The molecule has 0 aromatic carbocycles. The van der Waals surface area contributed by atoms with Gasteiger partial charge in [-0.05, 0) is 0 Å². The number of rotatable bonds is 4. The maximum absolute atomic E-state index is 10.9. The molecule has 1 heterocycles. The number of hydrogen-bond donors (Lipinski definition) is 0. The zero-order valence-corrected chi connectivity index (χ0v) is 10.5. The van der Waals surface area contributed by atoms with Gasteiger partial charge in [-0.2, -0.15) is 0 Å². The fourth-order valence-electron chi connectivity index (χ4n) is 1.62. The average molecular weight is 260 g/mol. The van der Waals surface area contributed by atoms with Crippen LogP contribution in [0.2, 0.25) is 0 Å². The van der Waals surface area contributed by atoms with Crippen LogP contribution in [0.4, 0.5) is 0 Å². The van der Waals surface area contributed by atoms with E-state index in [-0.39, 0.29) is 13.0 Å². The highest BCUT2D eigenvalue weighted by atomic mass is 16.7. The largest absolute Gasteiger partial charge is 0.463 e. The summed E-state index contributed by atoms with van der Waals surface area (Å²) < 4.78 is 20.0. The van der Waals surface area contributed by atoms with Crippen molar-refractivity contribution < 1.29 is 33.3 Å². The summed E-state index contributed by atoms with van der Waals surface area (Å²) in [5.41, 5.74) is 0. The van der Waals surface area contributed by atoms with Gasteiger partial charge in [-0.1, -0.05) is 0 Å². The fourth-order valence-corrected chi connectivity index (χ4v) is 1.62. The van der Waals surface area contributed by atoms with E-state index in [4.69, 9.17) is 18.9 Å². The molecule has 0 saturated carbocycles. The lowest BCUT2D eigenvalue weighted by Gasteiger charge is -2.17. The van der Waals surface area contributed by atoms with Gasteiger partial charge < -0.3 is 18.9 Å². The SMILES string of the molecule is CC(=O)OC[C@H]1O[C@@H](OC(C)=O)CC1OC(C)=O. The zero-order valence-electron chi connectivity index (χ0n) is 10.5. The summed E-state index contributed by atoms with van der Waals surface area (Å²) in [5, 5.41) is 0. The molecule has 7 nitrogen and oxygen atoms in total. The van der Waals surface area contributed by atoms with E-state index >= 15 is 0 Å². The van der Waals surface area contributed by atoms with Crippen LogP contribution in [0.15, 0.2) is 0 Å². The molecular weight excluding hydrogens is 244 g/mol. The van der Waals surface area contributed by atoms with E-state index in [1.54, 1.807) is 0 Å². The predicted octanol–water partition coefficient (Wildman–Crippen LogP) is 0.159. The number of esters is 3. The molecule has 0 radical (unpaired) electrons. The summed E-state index contributed by atoms with van der Waals surface area (Å²) in [4.78, 5) is 32.4. The summed E-state index contributed by atoms with van der Waals surface area (Å²) in [5.74, 6) is -1.43. The molecule has 18 heavy (non-hydrogen) atoms. The van der Waals surface area contributed by atoms with Crippen LogP contribution >= 0.6 is 0 Å². The molecule has 1 saturated heterocycles. The van der Waals surface area contributed by atoms with Gasteiger partial charge in [-0.3, -0.25) is 14.4 Å². The Morgan fingerprint density at radius 1 is 1.06 bits per heavy atom. The van der Waals surface area contributed by atoms with Gasteiger partial charge in [0.2, 0.25) is 6.29 Å². The Morgan fingerprint density at radius 3 is 2.17 bits per heavy atom. The third-order valence-electron chi connectivity index (χ3n) is 2.23. The van der Waals surface area contributed by atoms with Crippen LogP contribution in [0, 0.1) is 0 Å².